The lowest BCUT2D eigenvalue weighted by Crippen LogP contribution is -2.67. The fourth-order valence-corrected chi connectivity index (χ4v) is 4.27. The number of alkyl halides is 3. The Morgan fingerprint density at radius 3 is 2.70 bits per heavy atom. The van der Waals surface area contributed by atoms with Crippen LogP contribution in [0.4, 0.5) is 13.2 Å². The van der Waals surface area contributed by atoms with Crippen LogP contribution in [0.15, 0.2) is 18.5 Å². The number of carbonyl (C=O) groups is 1. The second-order valence-electron chi connectivity index (χ2n) is 6.70. The number of hydrogen-bond donors (Lipinski definition) is 0. The van der Waals surface area contributed by atoms with Crippen LogP contribution in [0.5, 0.6) is 0 Å². The summed E-state index contributed by atoms with van der Waals surface area (Å²) < 4.78 is 45.5. The fourth-order valence-electron chi connectivity index (χ4n) is 4.27. The van der Waals surface area contributed by atoms with Crippen LogP contribution in [-0.4, -0.2) is 27.8 Å². The van der Waals surface area contributed by atoms with Crippen molar-refractivity contribution in [2.45, 2.75) is 32.0 Å². The maximum Gasteiger partial charge on any atom is 0.435 e. The summed E-state index contributed by atoms with van der Waals surface area (Å²) in [6.45, 7) is 0.377. The zero-order valence-corrected chi connectivity index (χ0v) is 12.4. The van der Waals surface area contributed by atoms with E-state index in [-0.39, 0.29) is 16.8 Å². The molecule has 5 rings (SSSR count). The van der Waals surface area contributed by atoms with Crippen LogP contribution in [0, 0.1) is 10.8 Å². The normalized spacial score (nSPS) is 29.0. The van der Waals surface area contributed by atoms with Crippen LogP contribution in [0.3, 0.4) is 0 Å². The number of hydrogen-bond acceptors (Lipinski definition) is 4. The Morgan fingerprint density at radius 1 is 1.39 bits per heavy atom. The van der Waals surface area contributed by atoms with Gasteiger partial charge < -0.3 is 4.74 Å². The minimum absolute atomic E-state index is 0.00859. The van der Waals surface area contributed by atoms with Gasteiger partial charge in [-0.25, -0.2) is 0 Å². The number of pyridine rings is 1. The molecule has 3 aliphatic rings. The quantitative estimate of drug-likeness (QED) is 0.814. The number of fused-ring (bicyclic) bond motifs is 1. The predicted molar refractivity (Wildman–Crippen MR) is 73.3 cm³/mol. The van der Waals surface area contributed by atoms with E-state index in [9.17, 15) is 18.0 Å². The third kappa shape index (κ3) is 1.90. The molecule has 2 heterocycles. The Balaban J connectivity index is 1.64. The predicted octanol–water partition coefficient (Wildman–Crippen LogP) is 2.79. The molecule has 0 amide bonds. The third-order valence-corrected chi connectivity index (χ3v) is 5.06. The highest BCUT2D eigenvalue weighted by Gasteiger charge is 2.72. The third-order valence-electron chi connectivity index (χ3n) is 5.06. The minimum atomic E-state index is -4.51. The lowest BCUT2D eigenvalue weighted by atomic mass is 9.35. The van der Waals surface area contributed by atoms with Crippen LogP contribution < -0.4 is 0 Å². The van der Waals surface area contributed by atoms with Crippen LogP contribution in [0.25, 0.3) is 10.9 Å². The van der Waals surface area contributed by atoms with E-state index in [1.54, 1.807) is 6.07 Å². The zero-order chi connectivity index (χ0) is 16.5. The average molecular weight is 325 g/mol. The molecule has 2 aromatic rings. The van der Waals surface area contributed by atoms with Crippen LogP contribution in [-0.2, 0) is 22.3 Å². The lowest BCUT2D eigenvalue weighted by molar-refractivity contribution is -0.230. The van der Waals surface area contributed by atoms with E-state index in [4.69, 9.17) is 4.74 Å². The number of ether oxygens (including phenoxy) is 1. The SMILES string of the molecule is COC(=O)C12CC(Cn3nc(C(F)(F)F)c4cnccc43)(C1)C2. The van der Waals surface area contributed by atoms with E-state index in [2.05, 4.69) is 10.1 Å². The van der Waals surface area contributed by atoms with Crippen molar-refractivity contribution in [1.82, 2.24) is 14.8 Å². The molecule has 23 heavy (non-hydrogen) atoms. The Kier molecular flexibility index (Phi) is 2.67. The van der Waals surface area contributed by atoms with E-state index in [1.165, 1.54) is 24.2 Å². The van der Waals surface area contributed by atoms with Crippen molar-refractivity contribution >= 4 is 16.9 Å². The Bertz CT molecular complexity index is 792. The highest BCUT2D eigenvalue weighted by molar-refractivity contribution is 5.82. The summed E-state index contributed by atoms with van der Waals surface area (Å²) in [7, 11) is 1.36. The molecule has 0 unspecified atom stereocenters. The van der Waals surface area contributed by atoms with Crippen LogP contribution in [0.2, 0.25) is 0 Å². The van der Waals surface area contributed by atoms with E-state index in [1.807, 2.05) is 0 Å². The molecule has 0 aromatic carbocycles. The van der Waals surface area contributed by atoms with Crippen molar-refractivity contribution in [1.29, 1.82) is 0 Å². The monoisotopic (exact) mass is 325 g/mol. The first-order chi connectivity index (χ1) is 10.8. The minimum Gasteiger partial charge on any atom is -0.469 e. The Hall–Kier alpha value is -2.12. The number of rotatable bonds is 3. The number of carbonyl (C=O) groups excluding carboxylic acids is 1. The first kappa shape index (κ1) is 14.5. The number of esters is 1. The summed E-state index contributed by atoms with van der Waals surface area (Å²) in [5.74, 6) is -0.218. The molecule has 2 aromatic heterocycles. The smallest absolute Gasteiger partial charge is 0.435 e. The molecule has 0 N–H and O–H groups in total. The molecule has 2 bridgehead atoms. The van der Waals surface area contributed by atoms with Gasteiger partial charge in [-0.1, -0.05) is 0 Å². The summed E-state index contributed by atoms with van der Waals surface area (Å²) in [5, 5.41) is 3.78. The maximum absolute atomic E-state index is 13.1. The second-order valence-corrected chi connectivity index (χ2v) is 6.70. The van der Waals surface area contributed by atoms with Gasteiger partial charge >= 0.3 is 12.1 Å². The van der Waals surface area contributed by atoms with Gasteiger partial charge in [0.1, 0.15) is 0 Å². The summed E-state index contributed by atoms with van der Waals surface area (Å²) in [6.07, 6.45) is 0.0961. The van der Waals surface area contributed by atoms with E-state index >= 15 is 0 Å². The van der Waals surface area contributed by atoms with E-state index in [0.717, 1.165) is 0 Å². The van der Waals surface area contributed by atoms with Crippen LogP contribution in [0.1, 0.15) is 25.0 Å². The number of halogens is 3. The van der Waals surface area contributed by atoms with Crippen molar-refractivity contribution in [2.75, 3.05) is 7.11 Å². The van der Waals surface area contributed by atoms with Crippen molar-refractivity contribution in [3.05, 3.63) is 24.2 Å². The Labute approximate surface area is 129 Å². The lowest BCUT2D eigenvalue weighted by Gasteiger charge is -2.68. The molecular weight excluding hydrogens is 311 g/mol. The van der Waals surface area contributed by atoms with E-state index < -0.39 is 17.3 Å². The van der Waals surface area contributed by atoms with Crippen molar-refractivity contribution in [2.24, 2.45) is 10.8 Å². The van der Waals surface area contributed by atoms with Gasteiger partial charge in [-0.15, -0.1) is 0 Å². The molecule has 0 saturated heterocycles. The molecule has 0 aliphatic heterocycles. The van der Waals surface area contributed by atoms with Gasteiger partial charge in [-0.3, -0.25) is 14.5 Å². The summed E-state index contributed by atoms with van der Waals surface area (Å²) >= 11 is 0. The molecule has 3 saturated carbocycles. The van der Waals surface area contributed by atoms with E-state index in [0.29, 0.717) is 31.3 Å². The van der Waals surface area contributed by atoms with Crippen molar-refractivity contribution < 1.29 is 22.7 Å². The van der Waals surface area contributed by atoms with Gasteiger partial charge in [0, 0.05) is 18.9 Å². The first-order valence-electron chi connectivity index (χ1n) is 7.25. The van der Waals surface area contributed by atoms with Gasteiger partial charge in [0.05, 0.1) is 23.4 Å². The van der Waals surface area contributed by atoms with Crippen LogP contribution >= 0.6 is 0 Å². The number of methoxy groups -OCH3 is 1. The highest BCUT2D eigenvalue weighted by Crippen LogP contribution is 2.74. The molecule has 0 radical (unpaired) electrons. The molecule has 5 nitrogen and oxygen atoms in total. The largest absolute Gasteiger partial charge is 0.469 e. The molecular formula is C15H14F3N3O2. The molecule has 3 aliphatic carbocycles. The van der Waals surface area contributed by atoms with Gasteiger partial charge in [-0.05, 0) is 30.7 Å². The molecule has 8 heteroatoms. The average Bonchev–Trinajstić information content (AvgIpc) is 2.79. The zero-order valence-electron chi connectivity index (χ0n) is 12.4. The van der Waals surface area contributed by atoms with Gasteiger partial charge in [0.2, 0.25) is 0 Å². The van der Waals surface area contributed by atoms with Gasteiger partial charge in [-0.2, -0.15) is 18.3 Å². The Morgan fingerprint density at radius 2 is 2.09 bits per heavy atom. The molecule has 0 atom stereocenters. The van der Waals surface area contributed by atoms with Crippen molar-refractivity contribution in [3.8, 4) is 0 Å². The number of aromatic nitrogens is 3. The van der Waals surface area contributed by atoms with Gasteiger partial charge in [0.15, 0.2) is 5.69 Å². The summed E-state index contributed by atoms with van der Waals surface area (Å²) in [6, 6.07) is 1.54. The van der Waals surface area contributed by atoms with Gasteiger partial charge in [0.25, 0.3) is 0 Å². The second kappa shape index (κ2) is 4.24. The topological polar surface area (TPSA) is 57.0 Å². The maximum atomic E-state index is 13.1. The molecule has 0 spiro atoms. The number of nitrogens with zero attached hydrogens (tertiary/aromatic N) is 3. The fraction of sp³-hybridized carbons (Fsp3) is 0.533. The first-order valence-corrected chi connectivity index (χ1v) is 7.25. The van der Waals surface area contributed by atoms with Crippen molar-refractivity contribution in [3.63, 3.8) is 0 Å². The summed E-state index contributed by atoms with van der Waals surface area (Å²) in [5.41, 5.74) is -1.04. The molecule has 3 fully saturated rings. The standard InChI is InChI=1S/C15H14F3N3O2/c1-23-12(22)14-5-13(6-14,7-14)8-21-10-2-3-19-4-9(10)11(20-21)15(16,17)18/h2-4H,5-8H2,1H3. The summed E-state index contributed by atoms with van der Waals surface area (Å²) in [4.78, 5) is 15.5. The highest BCUT2D eigenvalue weighted by atomic mass is 19.4. The molecule has 122 valence electrons.